The number of benzene rings is 1. The monoisotopic (exact) mass is 434 g/mol. The fourth-order valence-electron chi connectivity index (χ4n) is 3.85. The van der Waals surface area contributed by atoms with Gasteiger partial charge in [0, 0.05) is 38.3 Å². The molecule has 3 heterocycles. The molecule has 0 atom stereocenters. The number of hydrogen-bond acceptors (Lipinski definition) is 6. The number of morpholine rings is 2. The average molecular weight is 434 g/mol. The highest BCUT2D eigenvalue weighted by Crippen LogP contribution is 2.58. The topological polar surface area (TPSA) is 93.6 Å². The number of furan rings is 1. The van der Waals surface area contributed by atoms with Gasteiger partial charge in [-0.15, -0.1) is 0 Å². The average Bonchev–Trinajstić information content (AvgIpc) is 3.21. The lowest BCUT2D eigenvalue weighted by molar-refractivity contribution is -0.384. The fourth-order valence-corrected chi connectivity index (χ4v) is 7.62. The summed E-state index contributed by atoms with van der Waals surface area (Å²) in [5, 5.41) is 11.4. The molecule has 1 aromatic carbocycles. The zero-order valence-electron chi connectivity index (χ0n) is 17.3. The molecule has 0 aliphatic carbocycles. The van der Waals surface area contributed by atoms with Crippen molar-refractivity contribution in [1.82, 2.24) is 9.34 Å². The third kappa shape index (κ3) is 4.08. The van der Waals surface area contributed by atoms with Crippen molar-refractivity contribution >= 4 is 24.2 Å². The lowest BCUT2D eigenvalue weighted by Crippen LogP contribution is -2.46. The second-order valence-electron chi connectivity index (χ2n) is 7.41. The summed E-state index contributed by atoms with van der Waals surface area (Å²) in [4.78, 5) is 11.0. The smallest absolute Gasteiger partial charge is 0.271 e. The molecule has 2 saturated heterocycles. The van der Waals surface area contributed by atoms with E-state index in [0.717, 1.165) is 43.0 Å². The quantitative estimate of drug-likeness (QED) is 0.404. The van der Waals surface area contributed by atoms with E-state index in [9.17, 15) is 10.1 Å². The Hall–Kier alpha value is -2.03. The standard InChI is InChI=1S/C20H27N4O5P/c1-16-3-5-18(24(25)26)15-19(16)21-30(20-6-4-17(2)29-20,22-7-11-27-12-8-22)23-9-13-28-14-10-23/h3-6,15H,7-14H2,1-2H3. The molecule has 2 aromatic rings. The molecule has 0 amide bonds. The number of nitrogens with zero attached hydrogens (tertiary/aromatic N) is 4. The highest BCUT2D eigenvalue weighted by Gasteiger charge is 2.41. The third-order valence-electron chi connectivity index (χ3n) is 5.44. The van der Waals surface area contributed by atoms with Gasteiger partial charge in [-0.3, -0.25) is 10.1 Å². The first-order valence-corrected chi connectivity index (χ1v) is 11.8. The Morgan fingerprint density at radius 2 is 1.57 bits per heavy atom. The first-order valence-electron chi connectivity index (χ1n) is 10.1. The van der Waals surface area contributed by atoms with Gasteiger partial charge in [-0.25, -0.2) is 14.1 Å². The molecule has 10 heteroatoms. The normalized spacial score (nSPS) is 19.0. The Balaban J connectivity index is 1.97. The van der Waals surface area contributed by atoms with Crippen molar-refractivity contribution in [2.75, 3.05) is 52.6 Å². The first kappa shape index (κ1) is 21.2. The summed E-state index contributed by atoms with van der Waals surface area (Å²) in [5.74, 6) is 0.821. The van der Waals surface area contributed by atoms with Crippen molar-refractivity contribution in [3.05, 3.63) is 51.8 Å². The second kappa shape index (κ2) is 8.99. The number of non-ortho nitro benzene ring substituents is 1. The molecule has 0 unspecified atom stereocenters. The molecular formula is C20H27N4O5P. The number of ether oxygens (including phenoxy) is 2. The van der Waals surface area contributed by atoms with Gasteiger partial charge in [-0.1, -0.05) is 6.07 Å². The van der Waals surface area contributed by atoms with Crippen LogP contribution in [0.15, 0.2) is 39.5 Å². The van der Waals surface area contributed by atoms with E-state index in [-0.39, 0.29) is 10.6 Å². The van der Waals surface area contributed by atoms with Crippen LogP contribution in [0.25, 0.3) is 0 Å². The molecule has 162 valence electrons. The molecule has 0 saturated carbocycles. The summed E-state index contributed by atoms with van der Waals surface area (Å²) >= 11 is 0. The van der Waals surface area contributed by atoms with Gasteiger partial charge in [-0.2, -0.15) is 0 Å². The number of rotatable bonds is 5. The van der Waals surface area contributed by atoms with Crippen molar-refractivity contribution in [3.8, 4) is 0 Å². The van der Waals surface area contributed by atoms with E-state index in [2.05, 4.69) is 9.34 Å². The van der Waals surface area contributed by atoms with Gasteiger partial charge in [0.1, 0.15) is 5.76 Å². The number of aryl methyl sites for hydroxylation is 2. The molecule has 9 nitrogen and oxygen atoms in total. The lowest BCUT2D eigenvalue weighted by atomic mass is 10.2. The zero-order valence-corrected chi connectivity index (χ0v) is 18.2. The van der Waals surface area contributed by atoms with E-state index < -0.39 is 7.36 Å². The minimum absolute atomic E-state index is 0.0389. The Bertz CT molecular complexity index is 942. The van der Waals surface area contributed by atoms with Crippen LogP contribution in [0.5, 0.6) is 0 Å². The molecule has 0 N–H and O–H groups in total. The predicted molar refractivity (Wildman–Crippen MR) is 115 cm³/mol. The minimum atomic E-state index is -2.54. The Kier molecular flexibility index (Phi) is 6.36. The Morgan fingerprint density at radius 3 is 2.07 bits per heavy atom. The van der Waals surface area contributed by atoms with E-state index in [0.29, 0.717) is 32.1 Å². The maximum Gasteiger partial charge on any atom is 0.271 e. The highest BCUT2D eigenvalue weighted by atomic mass is 31.2. The second-order valence-corrected chi connectivity index (χ2v) is 10.3. The maximum absolute atomic E-state index is 11.4. The predicted octanol–water partition coefficient (Wildman–Crippen LogP) is 3.46. The molecule has 2 aliphatic rings. The summed E-state index contributed by atoms with van der Waals surface area (Å²) in [5.41, 5.74) is 2.38. The van der Waals surface area contributed by atoms with Crippen molar-refractivity contribution < 1.29 is 18.8 Å². The molecule has 30 heavy (non-hydrogen) atoms. The largest absolute Gasteiger partial charge is 0.457 e. The van der Waals surface area contributed by atoms with Gasteiger partial charge >= 0.3 is 0 Å². The Labute approximate surface area is 175 Å². The van der Waals surface area contributed by atoms with Crippen LogP contribution in [0.1, 0.15) is 11.3 Å². The van der Waals surface area contributed by atoms with Crippen molar-refractivity contribution in [2.24, 2.45) is 4.74 Å². The van der Waals surface area contributed by atoms with Crippen LogP contribution in [-0.2, 0) is 9.47 Å². The molecule has 2 fully saturated rings. The zero-order chi connectivity index (χ0) is 21.1. The van der Waals surface area contributed by atoms with Crippen molar-refractivity contribution in [3.63, 3.8) is 0 Å². The molecule has 4 rings (SSSR count). The highest BCUT2D eigenvalue weighted by molar-refractivity contribution is 7.69. The van der Waals surface area contributed by atoms with E-state index in [1.165, 1.54) is 6.07 Å². The van der Waals surface area contributed by atoms with E-state index in [1.807, 2.05) is 26.0 Å². The molecule has 0 spiro atoms. The van der Waals surface area contributed by atoms with Crippen molar-refractivity contribution in [1.29, 1.82) is 0 Å². The van der Waals surface area contributed by atoms with Gasteiger partial charge in [-0.05, 0) is 31.5 Å². The van der Waals surface area contributed by atoms with Crippen LogP contribution in [0.4, 0.5) is 11.4 Å². The molecule has 0 bridgehead atoms. The molecule has 2 aliphatic heterocycles. The van der Waals surface area contributed by atoms with E-state index in [1.54, 1.807) is 12.1 Å². The van der Waals surface area contributed by atoms with Gasteiger partial charge < -0.3 is 13.9 Å². The summed E-state index contributed by atoms with van der Waals surface area (Å²) in [6.45, 7) is 9.24. The lowest BCUT2D eigenvalue weighted by Gasteiger charge is -2.45. The fraction of sp³-hybridized carbons (Fsp3) is 0.500. The van der Waals surface area contributed by atoms with Crippen LogP contribution in [0, 0.1) is 24.0 Å². The molecule has 0 radical (unpaired) electrons. The van der Waals surface area contributed by atoms with Crippen LogP contribution in [-0.4, -0.2) is 66.9 Å². The summed E-state index contributed by atoms with van der Waals surface area (Å²) in [6, 6.07) is 8.82. The summed E-state index contributed by atoms with van der Waals surface area (Å²) < 4.78 is 27.5. The van der Waals surface area contributed by atoms with Crippen LogP contribution in [0.3, 0.4) is 0 Å². The number of nitro groups is 1. The summed E-state index contributed by atoms with van der Waals surface area (Å²) in [6.07, 6.45) is 0. The van der Waals surface area contributed by atoms with Crippen LogP contribution >= 0.6 is 7.36 Å². The van der Waals surface area contributed by atoms with Crippen LogP contribution < -0.4 is 5.50 Å². The Morgan fingerprint density at radius 1 is 0.967 bits per heavy atom. The van der Waals surface area contributed by atoms with E-state index in [4.69, 9.17) is 18.6 Å². The van der Waals surface area contributed by atoms with Gasteiger partial charge in [0.15, 0.2) is 12.9 Å². The first-order chi connectivity index (χ1) is 14.5. The van der Waals surface area contributed by atoms with Gasteiger partial charge in [0.25, 0.3) is 5.69 Å². The molecule has 1 aromatic heterocycles. The van der Waals surface area contributed by atoms with Gasteiger partial charge in [0.2, 0.25) is 0 Å². The molecular weight excluding hydrogens is 407 g/mol. The number of hydrogen-bond donors (Lipinski definition) is 0. The maximum atomic E-state index is 11.4. The van der Waals surface area contributed by atoms with Crippen LogP contribution in [0.2, 0.25) is 0 Å². The van der Waals surface area contributed by atoms with Crippen molar-refractivity contribution in [2.45, 2.75) is 13.8 Å². The van der Waals surface area contributed by atoms with E-state index >= 15 is 0 Å². The van der Waals surface area contributed by atoms with Gasteiger partial charge in [0.05, 0.1) is 37.0 Å². The SMILES string of the molecule is Cc1ccc(P(=Nc2cc([N+](=O)[O-])ccc2C)(N2CCOCC2)N2CCOCC2)o1. The number of nitro benzene ring substituents is 1. The third-order valence-corrected chi connectivity index (χ3v) is 9.14. The minimum Gasteiger partial charge on any atom is -0.457 e. The summed E-state index contributed by atoms with van der Waals surface area (Å²) in [7, 11) is -2.54.